The van der Waals surface area contributed by atoms with Crippen molar-refractivity contribution in [2.75, 3.05) is 5.75 Å². The first-order valence-corrected chi connectivity index (χ1v) is 11.8. The van der Waals surface area contributed by atoms with Crippen molar-refractivity contribution in [2.24, 2.45) is 0 Å². The van der Waals surface area contributed by atoms with Gasteiger partial charge in [0.05, 0.1) is 11.2 Å². The Bertz CT molecular complexity index is 882. The van der Waals surface area contributed by atoms with Crippen LogP contribution in [0.5, 0.6) is 0 Å². The number of hydrogen-bond acceptors (Lipinski definition) is 5. The number of benzene rings is 1. The van der Waals surface area contributed by atoms with Gasteiger partial charge in [0.25, 0.3) is 0 Å². The lowest BCUT2D eigenvalue weighted by Crippen LogP contribution is -2.31. The van der Waals surface area contributed by atoms with Crippen LogP contribution in [0.3, 0.4) is 0 Å². The second-order valence-corrected chi connectivity index (χ2v) is 9.88. The summed E-state index contributed by atoms with van der Waals surface area (Å²) in [7, 11) is -3.76. The van der Waals surface area contributed by atoms with Crippen molar-refractivity contribution < 1.29 is 17.6 Å². The van der Waals surface area contributed by atoms with Crippen LogP contribution in [-0.2, 0) is 27.5 Å². The summed E-state index contributed by atoms with van der Waals surface area (Å²) in [5, 5.41) is -1.38. The molecule has 0 N–H and O–H groups in total. The number of thioether (sulfide) groups is 1. The standard InChI is InChI=1S/C21H24O4S2/c22-21-20(27(23,24)19-11-7-5-8-12-19)15-17-14-18(25-16-17)10-6-3-1-2-4-9-13-26-21/h1,3,5,7-8,11-12,14,16,20H,2,4,6,9-10,13,15H2/b3-1-. The molecule has 6 heteroatoms. The van der Waals surface area contributed by atoms with Crippen LogP contribution in [0.2, 0.25) is 0 Å². The lowest BCUT2D eigenvalue weighted by atomic mass is 10.1. The predicted octanol–water partition coefficient (Wildman–Crippen LogP) is 4.60. The summed E-state index contributed by atoms with van der Waals surface area (Å²) < 4.78 is 31.8. The van der Waals surface area contributed by atoms with Crippen LogP contribution >= 0.6 is 11.8 Å². The Morgan fingerprint density at radius 3 is 2.63 bits per heavy atom. The molecule has 0 fully saturated rings. The minimum absolute atomic E-state index is 0.141. The molecular formula is C21H24O4S2. The minimum Gasteiger partial charge on any atom is -0.469 e. The molecular weight excluding hydrogens is 380 g/mol. The van der Waals surface area contributed by atoms with Gasteiger partial charge in [0.15, 0.2) is 9.84 Å². The second kappa shape index (κ2) is 9.42. The third-order valence-corrected chi connectivity index (χ3v) is 7.84. The second-order valence-electron chi connectivity index (χ2n) is 6.65. The molecule has 1 aliphatic rings. The van der Waals surface area contributed by atoms with E-state index in [0.717, 1.165) is 55.2 Å². The van der Waals surface area contributed by atoms with Gasteiger partial charge in [-0.1, -0.05) is 42.1 Å². The molecule has 1 atom stereocenters. The first-order valence-electron chi connectivity index (χ1n) is 9.24. The van der Waals surface area contributed by atoms with Gasteiger partial charge in [-0.05, 0) is 49.4 Å². The molecule has 1 aliphatic heterocycles. The van der Waals surface area contributed by atoms with E-state index in [1.807, 2.05) is 6.07 Å². The van der Waals surface area contributed by atoms with Gasteiger partial charge < -0.3 is 4.42 Å². The topological polar surface area (TPSA) is 64.3 Å². The molecule has 0 saturated heterocycles. The monoisotopic (exact) mass is 404 g/mol. The van der Waals surface area contributed by atoms with E-state index in [-0.39, 0.29) is 16.4 Å². The van der Waals surface area contributed by atoms with Crippen LogP contribution in [0.1, 0.15) is 37.0 Å². The molecule has 0 saturated carbocycles. The summed E-state index contributed by atoms with van der Waals surface area (Å²) in [5.41, 5.74) is 0.752. The van der Waals surface area contributed by atoms with Crippen molar-refractivity contribution in [3.05, 3.63) is 66.1 Å². The largest absolute Gasteiger partial charge is 0.469 e. The van der Waals surface area contributed by atoms with Crippen LogP contribution in [0.4, 0.5) is 0 Å². The molecule has 2 aromatic rings. The van der Waals surface area contributed by atoms with E-state index in [1.165, 1.54) is 0 Å². The third kappa shape index (κ3) is 5.36. The number of carbonyl (C=O) groups is 1. The predicted molar refractivity (Wildman–Crippen MR) is 109 cm³/mol. The number of rotatable bonds is 2. The summed E-state index contributed by atoms with van der Waals surface area (Å²) in [6.07, 6.45) is 10.6. The van der Waals surface area contributed by atoms with Gasteiger partial charge in [0, 0.05) is 18.6 Å². The van der Waals surface area contributed by atoms with E-state index in [4.69, 9.17) is 4.42 Å². The Balaban J connectivity index is 1.89. The van der Waals surface area contributed by atoms with E-state index in [1.54, 1.807) is 36.6 Å². The third-order valence-electron chi connectivity index (χ3n) is 4.57. The van der Waals surface area contributed by atoms with Gasteiger partial charge in [-0.2, -0.15) is 0 Å². The van der Waals surface area contributed by atoms with E-state index in [2.05, 4.69) is 12.2 Å². The fourth-order valence-corrected chi connectivity index (χ4v) is 6.00. The van der Waals surface area contributed by atoms with E-state index < -0.39 is 15.1 Å². The summed E-state index contributed by atoms with van der Waals surface area (Å²) in [6, 6.07) is 10.1. The molecule has 27 heavy (non-hydrogen) atoms. The molecule has 4 nitrogen and oxygen atoms in total. The maximum Gasteiger partial charge on any atom is 0.207 e. The van der Waals surface area contributed by atoms with E-state index in [9.17, 15) is 13.2 Å². The lowest BCUT2D eigenvalue weighted by molar-refractivity contribution is -0.110. The first-order chi connectivity index (χ1) is 13.1. The van der Waals surface area contributed by atoms with Gasteiger partial charge >= 0.3 is 0 Å². The number of aryl methyl sites for hydroxylation is 1. The number of hydrogen-bond donors (Lipinski definition) is 0. The van der Waals surface area contributed by atoms with Gasteiger partial charge in [0.1, 0.15) is 11.0 Å². The number of sulfone groups is 1. The van der Waals surface area contributed by atoms with Gasteiger partial charge in [-0.25, -0.2) is 8.42 Å². The maximum atomic E-state index is 13.1. The molecule has 2 heterocycles. The van der Waals surface area contributed by atoms with Crippen molar-refractivity contribution in [3.63, 3.8) is 0 Å². The van der Waals surface area contributed by atoms with Crippen molar-refractivity contribution in [2.45, 2.75) is 48.7 Å². The molecule has 144 valence electrons. The highest BCUT2D eigenvalue weighted by molar-refractivity contribution is 8.15. The Morgan fingerprint density at radius 2 is 1.81 bits per heavy atom. The number of carbonyl (C=O) groups excluding carboxylic acids is 1. The van der Waals surface area contributed by atoms with Crippen molar-refractivity contribution in [1.29, 1.82) is 0 Å². The van der Waals surface area contributed by atoms with Crippen molar-refractivity contribution in [3.8, 4) is 0 Å². The Kier molecular flexibility index (Phi) is 6.96. The summed E-state index contributed by atoms with van der Waals surface area (Å²) >= 11 is 1.13. The average Bonchev–Trinajstić information content (AvgIpc) is 3.11. The normalized spacial score (nSPS) is 21.2. The summed E-state index contributed by atoms with van der Waals surface area (Å²) in [6.45, 7) is 0. The van der Waals surface area contributed by atoms with Crippen LogP contribution in [0.15, 0.2) is 64.1 Å². The highest BCUT2D eigenvalue weighted by atomic mass is 32.2. The number of allylic oxidation sites excluding steroid dienone is 2. The van der Waals surface area contributed by atoms with Gasteiger partial charge in [0.2, 0.25) is 5.12 Å². The zero-order valence-electron chi connectivity index (χ0n) is 15.2. The molecule has 0 spiro atoms. The molecule has 1 aromatic carbocycles. The highest BCUT2D eigenvalue weighted by Gasteiger charge is 2.34. The number of furan rings is 1. The average molecular weight is 405 g/mol. The zero-order chi connectivity index (χ0) is 19.1. The van der Waals surface area contributed by atoms with Crippen LogP contribution in [0, 0.1) is 0 Å². The minimum atomic E-state index is -3.76. The summed E-state index contributed by atoms with van der Waals surface area (Å²) in [5.74, 6) is 1.46. The van der Waals surface area contributed by atoms with E-state index in [0.29, 0.717) is 5.75 Å². The molecule has 2 bridgehead atoms. The SMILES string of the molecule is O=C1SCCCC/C=C\CCc2cc(co2)CC1S(=O)(=O)c1ccccc1. The molecule has 1 unspecified atom stereocenters. The maximum absolute atomic E-state index is 13.1. The van der Waals surface area contributed by atoms with Crippen molar-refractivity contribution >= 4 is 26.7 Å². The quantitative estimate of drug-likeness (QED) is 0.685. The Morgan fingerprint density at radius 1 is 1.04 bits per heavy atom. The lowest BCUT2D eigenvalue weighted by Gasteiger charge is -2.16. The smallest absolute Gasteiger partial charge is 0.207 e. The van der Waals surface area contributed by atoms with Crippen LogP contribution < -0.4 is 0 Å². The fraction of sp³-hybridized carbons (Fsp3) is 0.381. The fourth-order valence-electron chi connectivity index (χ4n) is 3.06. The van der Waals surface area contributed by atoms with Gasteiger partial charge in [-0.3, -0.25) is 4.79 Å². The summed E-state index contributed by atoms with van der Waals surface area (Å²) in [4.78, 5) is 13.0. The zero-order valence-corrected chi connectivity index (χ0v) is 16.8. The first kappa shape index (κ1) is 20.0. The number of fused-ring (bicyclic) bond motifs is 2. The van der Waals surface area contributed by atoms with Gasteiger partial charge in [-0.15, -0.1) is 0 Å². The highest BCUT2D eigenvalue weighted by Crippen LogP contribution is 2.26. The molecule has 0 radical (unpaired) electrons. The Labute approximate surface area is 165 Å². The van der Waals surface area contributed by atoms with E-state index >= 15 is 0 Å². The molecule has 0 amide bonds. The van der Waals surface area contributed by atoms with Crippen LogP contribution in [-0.4, -0.2) is 24.5 Å². The Hall–Kier alpha value is -1.79. The molecule has 3 rings (SSSR count). The molecule has 0 aliphatic carbocycles. The van der Waals surface area contributed by atoms with Crippen LogP contribution in [0.25, 0.3) is 0 Å². The molecule has 1 aromatic heterocycles. The van der Waals surface area contributed by atoms with Crippen molar-refractivity contribution in [1.82, 2.24) is 0 Å².